The largest absolute Gasteiger partial charge is 0.362 e. The van der Waals surface area contributed by atoms with E-state index < -0.39 is 0 Å². The van der Waals surface area contributed by atoms with Gasteiger partial charge in [0.1, 0.15) is 0 Å². The average molecular weight is 481 g/mol. The van der Waals surface area contributed by atoms with Crippen molar-refractivity contribution in [2.24, 2.45) is 0 Å². The number of dihydropyridines is 1. The Bertz CT molecular complexity index is 1260. The van der Waals surface area contributed by atoms with Crippen LogP contribution in [0.15, 0.2) is 71.1 Å². The lowest BCUT2D eigenvalue weighted by Gasteiger charge is -2.48. The van der Waals surface area contributed by atoms with Crippen LogP contribution in [0.4, 0.5) is 5.69 Å². The van der Waals surface area contributed by atoms with Gasteiger partial charge in [-0.2, -0.15) is 0 Å². The summed E-state index contributed by atoms with van der Waals surface area (Å²) in [7, 11) is 0. The van der Waals surface area contributed by atoms with Gasteiger partial charge in [-0.15, -0.1) is 0 Å². The monoisotopic (exact) mass is 480 g/mol. The highest BCUT2D eigenvalue weighted by Gasteiger charge is 2.42. The average Bonchev–Trinajstić information content (AvgIpc) is 2.86. The molecule has 0 bridgehead atoms. The maximum absolute atomic E-state index is 13.2. The van der Waals surface area contributed by atoms with Crippen molar-refractivity contribution in [2.75, 3.05) is 4.90 Å². The number of benzene rings is 2. The fourth-order valence-corrected chi connectivity index (χ4v) is 7.07. The van der Waals surface area contributed by atoms with Crippen molar-refractivity contribution in [3.05, 3.63) is 87.8 Å². The second-order valence-corrected chi connectivity index (χ2v) is 11.7. The summed E-state index contributed by atoms with van der Waals surface area (Å²) in [6.45, 7) is 7.86. The van der Waals surface area contributed by atoms with Gasteiger partial charge in [-0.1, -0.05) is 49.4 Å². The Labute approximate surface area is 214 Å². The number of hydrogen-bond donors (Lipinski definition) is 1. The first-order chi connectivity index (χ1) is 17.3. The summed E-state index contributed by atoms with van der Waals surface area (Å²) in [4.78, 5) is 29.0. The summed E-state index contributed by atoms with van der Waals surface area (Å²) in [5, 5.41) is 3.54. The smallest absolute Gasteiger partial charge is 0.161 e. The summed E-state index contributed by atoms with van der Waals surface area (Å²) in [5.41, 5.74) is 8.85. The zero-order chi connectivity index (χ0) is 25.0. The molecule has 4 nitrogen and oxygen atoms in total. The molecular weight excluding hydrogens is 444 g/mol. The minimum absolute atomic E-state index is 0.0304. The van der Waals surface area contributed by atoms with Gasteiger partial charge in [0.15, 0.2) is 11.6 Å². The maximum Gasteiger partial charge on any atom is 0.161 e. The first-order valence-electron chi connectivity index (χ1n) is 13.6. The molecule has 0 radical (unpaired) electrons. The van der Waals surface area contributed by atoms with Gasteiger partial charge in [0, 0.05) is 59.1 Å². The van der Waals surface area contributed by atoms with E-state index in [0.29, 0.717) is 18.8 Å². The predicted molar refractivity (Wildman–Crippen MR) is 144 cm³/mol. The molecule has 0 saturated heterocycles. The first-order valence-corrected chi connectivity index (χ1v) is 13.6. The van der Waals surface area contributed by atoms with Crippen LogP contribution in [0, 0.1) is 0 Å². The molecule has 2 aromatic carbocycles. The number of carbonyl (C=O) groups excluding carboxylic acids is 2. The summed E-state index contributed by atoms with van der Waals surface area (Å²) in [6, 6.07) is 17.4. The van der Waals surface area contributed by atoms with Crippen LogP contribution in [0.25, 0.3) is 0 Å². The molecular formula is C32H36N2O2. The Morgan fingerprint density at radius 1 is 0.889 bits per heavy atom. The van der Waals surface area contributed by atoms with E-state index in [1.807, 2.05) is 0 Å². The van der Waals surface area contributed by atoms with Gasteiger partial charge >= 0.3 is 0 Å². The fraction of sp³-hybridized carbons (Fsp3) is 0.438. The Morgan fingerprint density at radius 3 is 2.17 bits per heavy atom. The molecule has 6 rings (SSSR count). The van der Waals surface area contributed by atoms with Crippen LogP contribution in [0.2, 0.25) is 0 Å². The molecule has 0 spiro atoms. The summed E-state index contributed by atoms with van der Waals surface area (Å²) in [5.74, 6) is 0.578. The lowest BCUT2D eigenvalue weighted by atomic mass is 9.70. The number of nitrogens with zero attached hydrogens (tertiary/aromatic N) is 1. The van der Waals surface area contributed by atoms with Crippen molar-refractivity contribution >= 4 is 17.3 Å². The van der Waals surface area contributed by atoms with E-state index in [2.05, 4.69) is 79.5 Å². The van der Waals surface area contributed by atoms with Crippen molar-refractivity contribution < 1.29 is 9.59 Å². The fourth-order valence-electron chi connectivity index (χ4n) is 7.07. The van der Waals surface area contributed by atoms with E-state index in [1.165, 1.54) is 16.8 Å². The van der Waals surface area contributed by atoms with Crippen molar-refractivity contribution in [1.82, 2.24) is 5.32 Å². The topological polar surface area (TPSA) is 49.4 Å². The van der Waals surface area contributed by atoms with E-state index in [4.69, 9.17) is 0 Å². The summed E-state index contributed by atoms with van der Waals surface area (Å²) < 4.78 is 0. The third-order valence-electron chi connectivity index (χ3n) is 8.72. The summed E-state index contributed by atoms with van der Waals surface area (Å²) in [6.07, 6.45) is 5.77. The molecule has 0 fully saturated rings. The van der Waals surface area contributed by atoms with Crippen LogP contribution in [-0.2, 0) is 16.1 Å². The van der Waals surface area contributed by atoms with Gasteiger partial charge in [-0.3, -0.25) is 9.59 Å². The van der Waals surface area contributed by atoms with Gasteiger partial charge in [0.25, 0.3) is 0 Å². The number of ketones is 2. The van der Waals surface area contributed by atoms with Crippen LogP contribution >= 0.6 is 0 Å². The van der Waals surface area contributed by atoms with E-state index in [0.717, 1.165) is 66.8 Å². The van der Waals surface area contributed by atoms with E-state index >= 15 is 0 Å². The van der Waals surface area contributed by atoms with E-state index in [9.17, 15) is 9.59 Å². The van der Waals surface area contributed by atoms with Gasteiger partial charge < -0.3 is 10.2 Å². The van der Waals surface area contributed by atoms with Crippen molar-refractivity contribution in [1.29, 1.82) is 0 Å². The maximum atomic E-state index is 13.2. The SMILES string of the molecule is C[C@@H]1CC(C)(C)N(Cc2ccccc2)c2ccc(C3C4=C(CCCC4=O)NC4=C3C(=O)CCC4)cc21. The number of hydrogen-bond acceptors (Lipinski definition) is 4. The number of rotatable bonds is 3. The molecule has 4 heteroatoms. The van der Waals surface area contributed by atoms with Crippen molar-refractivity contribution in [3.63, 3.8) is 0 Å². The van der Waals surface area contributed by atoms with Gasteiger partial charge in [0.2, 0.25) is 0 Å². The summed E-state index contributed by atoms with van der Waals surface area (Å²) >= 11 is 0. The van der Waals surface area contributed by atoms with E-state index in [1.54, 1.807) is 0 Å². The third kappa shape index (κ3) is 3.82. The van der Waals surface area contributed by atoms with Crippen LogP contribution in [0.3, 0.4) is 0 Å². The Hall–Kier alpha value is -3.14. The zero-order valence-corrected chi connectivity index (χ0v) is 21.7. The third-order valence-corrected chi connectivity index (χ3v) is 8.72. The predicted octanol–water partition coefficient (Wildman–Crippen LogP) is 6.68. The molecule has 186 valence electrons. The molecule has 0 saturated carbocycles. The molecule has 4 aliphatic rings. The molecule has 0 aromatic heterocycles. The molecule has 2 aliphatic carbocycles. The molecule has 1 N–H and O–H groups in total. The molecule has 0 unspecified atom stereocenters. The number of fused-ring (bicyclic) bond motifs is 1. The van der Waals surface area contributed by atoms with Crippen LogP contribution in [0.1, 0.15) is 94.2 Å². The number of anilines is 1. The van der Waals surface area contributed by atoms with Crippen LogP contribution in [-0.4, -0.2) is 17.1 Å². The van der Waals surface area contributed by atoms with Gasteiger partial charge in [0.05, 0.1) is 0 Å². The number of allylic oxidation sites excluding steroid dienone is 4. The second kappa shape index (κ2) is 8.76. The zero-order valence-electron chi connectivity index (χ0n) is 21.7. The minimum atomic E-state index is -0.230. The number of nitrogens with one attached hydrogen (secondary N) is 1. The van der Waals surface area contributed by atoms with Crippen molar-refractivity contribution in [2.45, 2.75) is 89.6 Å². The quantitative estimate of drug-likeness (QED) is 0.532. The Morgan fingerprint density at radius 2 is 1.53 bits per heavy atom. The van der Waals surface area contributed by atoms with Gasteiger partial charge in [-0.05, 0) is 74.6 Å². The first kappa shape index (κ1) is 23.3. The van der Waals surface area contributed by atoms with Crippen LogP contribution in [0.5, 0.6) is 0 Å². The van der Waals surface area contributed by atoms with Crippen LogP contribution < -0.4 is 10.2 Å². The Kier molecular flexibility index (Phi) is 5.66. The highest BCUT2D eigenvalue weighted by molar-refractivity contribution is 6.06. The lowest BCUT2D eigenvalue weighted by molar-refractivity contribution is -0.116. The second-order valence-electron chi connectivity index (χ2n) is 11.7. The highest BCUT2D eigenvalue weighted by atomic mass is 16.1. The molecule has 2 heterocycles. The molecule has 2 aromatic rings. The number of Topliss-reactive ketones (excluding diaryl/α,β-unsaturated/α-hetero) is 2. The lowest BCUT2D eigenvalue weighted by Crippen LogP contribution is -2.47. The van der Waals surface area contributed by atoms with Crippen molar-refractivity contribution in [3.8, 4) is 0 Å². The van der Waals surface area contributed by atoms with Gasteiger partial charge in [-0.25, -0.2) is 0 Å². The minimum Gasteiger partial charge on any atom is -0.362 e. The molecule has 2 aliphatic heterocycles. The highest BCUT2D eigenvalue weighted by Crippen LogP contribution is 2.49. The molecule has 36 heavy (non-hydrogen) atoms. The normalized spacial score (nSPS) is 23.8. The molecule has 1 atom stereocenters. The van der Waals surface area contributed by atoms with E-state index in [-0.39, 0.29) is 23.0 Å². The molecule has 0 amide bonds. The standard InChI is InChI=1S/C32H36N2O2/c1-20-18-32(2,3)34(19-21-9-5-4-6-10-21)26-16-15-22(17-23(20)26)29-30-24(11-7-13-27(30)35)33-25-12-8-14-28(36)31(25)29/h4-6,9-10,15-17,20,29,33H,7-8,11-14,18-19H2,1-3H3/t20-/m1/s1. The number of carbonyl (C=O) groups is 2. The Balaban J connectivity index is 1.47.